The Morgan fingerprint density at radius 2 is 1.85 bits per heavy atom. The van der Waals surface area contributed by atoms with Gasteiger partial charge in [0.15, 0.2) is 6.61 Å². The summed E-state index contributed by atoms with van der Waals surface area (Å²) in [7, 11) is 0. The van der Waals surface area contributed by atoms with E-state index in [1.165, 1.54) is 0 Å². The van der Waals surface area contributed by atoms with Crippen LogP contribution in [0.25, 0.3) is 0 Å². The van der Waals surface area contributed by atoms with Gasteiger partial charge in [0.05, 0.1) is 10.7 Å². The van der Waals surface area contributed by atoms with E-state index in [-0.39, 0.29) is 12.5 Å². The zero-order valence-electron chi connectivity index (χ0n) is 11.2. The van der Waals surface area contributed by atoms with Gasteiger partial charge >= 0.3 is 0 Å². The van der Waals surface area contributed by atoms with Gasteiger partial charge in [0.2, 0.25) is 0 Å². The highest BCUT2D eigenvalue weighted by molar-refractivity contribution is 6.33. The molecule has 1 N–H and O–H groups in total. The van der Waals surface area contributed by atoms with Crippen LogP contribution in [0, 0.1) is 0 Å². The molecule has 20 heavy (non-hydrogen) atoms. The van der Waals surface area contributed by atoms with Crippen LogP contribution in [-0.4, -0.2) is 12.5 Å². The van der Waals surface area contributed by atoms with Crippen molar-refractivity contribution in [2.45, 2.75) is 13.3 Å². The number of ether oxygens (including phenoxy) is 1. The topological polar surface area (TPSA) is 38.3 Å². The summed E-state index contributed by atoms with van der Waals surface area (Å²) in [6, 6.07) is 14.8. The van der Waals surface area contributed by atoms with Crippen molar-refractivity contribution in [3.63, 3.8) is 0 Å². The monoisotopic (exact) mass is 289 g/mol. The largest absolute Gasteiger partial charge is 0.483 e. The van der Waals surface area contributed by atoms with Gasteiger partial charge in [-0.15, -0.1) is 0 Å². The van der Waals surface area contributed by atoms with Gasteiger partial charge in [-0.2, -0.15) is 0 Å². The maximum Gasteiger partial charge on any atom is 0.262 e. The number of para-hydroxylation sites is 2. The average Bonchev–Trinajstić information content (AvgIpc) is 2.48. The molecule has 0 saturated heterocycles. The molecule has 104 valence electrons. The molecular weight excluding hydrogens is 274 g/mol. The molecule has 0 fully saturated rings. The molecule has 0 heterocycles. The number of carbonyl (C=O) groups is 1. The SMILES string of the molecule is CCc1ccccc1OCC(=O)Nc1ccccc1Cl. The van der Waals surface area contributed by atoms with Gasteiger partial charge in [-0.1, -0.05) is 48.9 Å². The summed E-state index contributed by atoms with van der Waals surface area (Å²) in [5, 5.41) is 3.23. The number of rotatable bonds is 5. The molecule has 3 nitrogen and oxygen atoms in total. The first-order valence-electron chi connectivity index (χ1n) is 6.45. The molecule has 0 atom stereocenters. The summed E-state index contributed by atoms with van der Waals surface area (Å²) in [6.45, 7) is 2.01. The molecule has 0 aliphatic heterocycles. The summed E-state index contributed by atoms with van der Waals surface area (Å²) in [4.78, 5) is 11.8. The lowest BCUT2D eigenvalue weighted by Gasteiger charge is -2.11. The number of halogens is 1. The minimum Gasteiger partial charge on any atom is -0.483 e. The van der Waals surface area contributed by atoms with Crippen LogP contribution in [0.1, 0.15) is 12.5 Å². The molecule has 0 spiro atoms. The van der Waals surface area contributed by atoms with Crippen molar-refractivity contribution in [1.29, 1.82) is 0 Å². The Hall–Kier alpha value is -2.00. The van der Waals surface area contributed by atoms with Gasteiger partial charge in [-0.25, -0.2) is 0 Å². The zero-order valence-corrected chi connectivity index (χ0v) is 12.0. The van der Waals surface area contributed by atoms with Crippen LogP contribution in [0.15, 0.2) is 48.5 Å². The smallest absolute Gasteiger partial charge is 0.262 e. The first kappa shape index (κ1) is 14.4. The number of anilines is 1. The van der Waals surface area contributed by atoms with Crippen molar-refractivity contribution in [3.05, 3.63) is 59.1 Å². The fraction of sp³-hybridized carbons (Fsp3) is 0.188. The number of benzene rings is 2. The number of nitrogens with one attached hydrogen (secondary N) is 1. The van der Waals surface area contributed by atoms with Gasteiger partial charge in [-0.3, -0.25) is 4.79 Å². The van der Waals surface area contributed by atoms with E-state index in [1.54, 1.807) is 12.1 Å². The summed E-state index contributed by atoms with van der Waals surface area (Å²) in [5.41, 5.74) is 1.67. The fourth-order valence-electron chi connectivity index (χ4n) is 1.83. The van der Waals surface area contributed by atoms with Crippen LogP contribution < -0.4 is 10.1 Å². The van der Waals surface area contributed by atoms with Crippen LogP contribution in [0.5, 0.6) is 5.75 Å². The number of hydrogen-bond donors (Lipinski definition) is 1. The summed E-state index contributed by atoms with van der Waals surface area (Å²) < 4.78 is 5.55. The predicted octanol–water partition coefficient (Wildman–Crippen LogP) is 3.92. The molecule has 0 aliphatic rings. The summed E-state index contributed by atoms with van der Waals surface area (Å²) in [5.74, 6) is 0.508. The Morgan fingerprint density at radius 1 is 1.15 bits per heavy atom. The zero-order chi connectivity index (χ0) is 14.4. The predicted molar refractivity (Wildman–Crippen MR) is 81.4 cm³/mol. The average molecular weight is 290 g/mol. The highest BCUT2D eigenvalue weighted by atomic mass is 35.5. The van der Waals surface area contributed by atoms with Crippen molar-refractivity contribution in [1.82, 2.24) is 0 Å². The van der Waals surface area contributed by atoms with Gasteiger partial charge < -0.3 is 10.1 Å². The van der Waals surface area contributed by atoms with Crippen LogP contribution in [0.2, 0.25) is 5.02 Å². The molecule has 0 aliphatic carbocycles. The second kappa shape index (κ2) is 6.96. The molecule has 2 aromatic rings. The molecule has 1 amide bonds. The third-order valence-electron chi connectivity index (χ3n) is 2.86. The highest BCUT2D eigenvalue weighted by Gasteiger charge is 2.07. The van der Waals surface area contributed by atoms with Crippen molar-refractivity contribution in [2.75, 3.05) is 11.9 Å². The van der Waals surface area contributed by atoms with E-state index in [2.05, 4.69) is 5.32 Å². The van der Waals surface area contributed by atoms with Gasteiger partial charge in [0.1, 0.15) is 5.75 Å². The quantitative estimate of drug-likeness (QED) is 0.906. The minimum absolute atomic E-state index is 0.0394. The minimum atomic E-state index is -0.232. The van der Waals surface area contributed by atoms with Gasteiger partial charge in [0.25, 0.3) is 5.91 Å². The molecular formula is C16H16ClNO2. The van der Waals surface area contributed by atoms with E-state index in [9.17, 15) is 4.79 Å². The van der Waals surface area contributed by atoms with E-state index in [1.807, 2.05) is 43.3 Å². The molecule has 0 radical (unpaired) electrons. The Morgan fingerprint density at radius 3 is 2.60 bits per heavy atom. The van der Waals surface area contributed by atoms with Gasteiger partial charge in [0, 0.05) is 0 Å². The molecule has 0 aromatic heterocycles. The fourth-order valence-corrected chi connectivity index (χ4v) is 2.01. The van der Waals surface area contributed by atoms with Crippen LogP contribution in [0.4, 0.5) is 5.69 Å². The standard InChI is InChI=1S/C16H16ClNO2/c1-2-12-7-3-6-10-15(12)20-11-16(19)18-14-9-5-4-8-13(14)17/h3-10H,2,11H2,1H3,(H,18,19). The number of aryl methyl sites for hydroxylation is 1. The maximum absolute atomic E-state index is 11.8. The summed E-state index contributed by atoms with van der Waals surface area (Å²) in [6.07, 6.45) is 0.863. The second-order valence-corrected chi connectivity index (χ2v) is 4.69. The van der Waals surface area contributed by atoms with E-state index < -0.39 is 0 Å². The molecule has 0 unspecified atom stereocenters. The Bertz CT molecular complexity index is 599. The third kappa shape index (κ3) is 3.75. The third-order valence-corrected chi connectivity index (χ3v) is 3.19. The lowest BCUT2D eigenvalue weighted by molar-refractivity contribution is -0.118. The Labute approximate surface area is 123 Å². The second-order valence-electron chi connectivity index (χ2n) is 4.28. The number of hydrogen-bond acceptors (Lipinski definition) is 2. The first-order valence-corrected chi connectivity index (χ1v) is 6.83. The Balaban J connectivity index is 1.94. The van der Waals surface area contributed by atoms with Crippen molar-refractivity contribution < 1.29 is 9.53 Å². The van der Waals surface area contributed by atoms with Crippen molar-refractivity contribution in [2.24, 2.45) is 0 Å². The molecule has 2 aromatic carbocycles. The summed E-state index contributed by atoms with van der Waals surface area (Å²) >= 11 is 5.98. The van der Waals surface area contributed by atoms with E-state index in [0.29, 0.717) is 10.7 Å². The van der Waals surface area contributed by atoms with E-state index in [4.69, 9.17) is 16.3 Å². The molecule has 2 rings (SSSR count). The normalized spacial score (nSPS) is 10.1. The van der Waals surface area contributed by atoms with Gasteiger partial charge in [-0.05, 0) is 30.2 Å². The van der Waals surface area contributed by atoms with Crippen LogP contribution in [0.3, 0.4) is 0 Å². The number of carbonyl (C=O) groups excluding carboxylic acids is 1. The van der Waals surface area contributed by atoms with Crippen LogP contribution in [-0.2, 0) is 11.2 Å². The lowest BCUT2D eigenvalue weighted by Crippen LogP contribution is -2.20. The molecule has 0 saturated carbocycles. The van der Waals surface area contributed by atoms with Crippen molar-refractivity contribution >= 4 is 23.2 Å². The first-order chi connectivity index (χ1) is 9.70. The van der Waals surface area contributed by atoms with Crippen LogP contribution >= 0.6 is 11.6 Å². The van der Waals surface area contributed by atoms with E-state index >= 15 is 0 Å². The van der Waals surface area contributed by atoms with Crippen molar-refractivity contribution in [3.8, 4) is 5.75 Å². The number of amides is 1. The maximum atomic E-state index is 11.8. The van der Waals surface area contributed by atoms with E-state index in [0.717, 1.165) is 17.7 Å². The molecule has 0 bridgehead atoms. The lowest BCUT2D eigenvalue weighted by atomic mass is 10.1. The molecule has 4 heteroatoms. The Kier molecular flexibility index (Phi) is 5.02. The highest BCUT2D eigenvalue weighted by Crippen LogP contribution is 2.21.